The Labute approximate surface area is 135 Å². The lowest BCUT2D eigenvalue weighted by Gasteiger charge is -2.23. The molecule has 0 unspecified atom stereocenters. The minimum atomic E-state index is -1.17. The summed E-state index contributed by atoms with van der Waals surface area (Å²) in [6.45, 7) is 5.10. The monoisotopic (exact) mass is 324 g/mol. The number of nitrogens with one attached hydrogen (secondary N) is 1. The number of carboxylic acid groups (broad SMARTS) is 1. The van der Waals surface area contributed by atoms with Gasteiger partial charge < -0.3 is 25.6 Å². The van der Waals surface area contributed by atoms with E-state index in [0.29, 0.717) is 5.75 Å². The minimum Gasteiger partial charge on any atom is -0.497 e. The van der Waals surface area contributed by atoms with Crippen LogP contribution in [0.25, 0.3) is 0 Å². The number of rotatable bonds is 6. The molecule has 0 spiro atoms. The highest BCUT2D eigenvalue weighted by atomic mass is 16.6. The maximum atomic E-state index is 11.7. The minimum absolute atomic E-state index is 0.0426. The highest BCUT2D eigenvalue weighted by molar-refractivity contribution is 5.80. The molecule has 1 aromatic rings. The molecule has 0 aliphatic rings. The van der Waals surface area contributed by atoms with Gasteiger partial charge in [0.25, 0.3) is 0 Å². The van der Waals surface area contributed by atoms with Crippen LogP contribution in [0.3, 0.4) is 0 Å². The van der Waals surface area contributed by atoms with Crippen molar-refractivity contribution in [1.29, 1.82) is 0 Å². The zero-order valence-electron chi connectivity index (χ0n) is 13.8. The number of carboxylic acids is 1. The van der Waals surface area contributed by atoms with E-state index in [1.165, 1.54) is 0 Å². The van der Waals surface area contributed by atoms with Crippen molar-refractivity contribution >= 4 is 12.1 Å². The molecule has 128 valence electrons. The van der Waals surface area contributed by atoms with E-state index in [1.54, 1.807) is 52.1 Å². The molecule has 0 aliphatic carbocycles. The number of aliphatic carboxylic acids is 1. The van der Waals surface area contributed by atoms with Gasteiger partial charge in [0.15, 0.2) is 0 Å². The molecule has 0 radical (unpaired) electrons. The molecule has 4 N–H and O–H groups in total. The van der Waals surface area contributed by atoms with Crippen LogP contribution in [0.2, 0.25) is 0 Å². The van der Waals surface area contributed by atoms with Gasteiger partial charge in [0.2, 0.25) is 0 Å². The van der Waals surface area contributed by atoms with Crippen molar-refractivity contribution in [2.24, 2.45) is 5.73 Å². The number of methoxy groups -OCH3 is 1. The van der Waals surface area contributed by atoms with E-state index in [-0.39, 0.29) is 6.42 Å². The Morgan fingerprint density at radius 3 is 2.26 bits per heavy atom. The summed E-state index contributed by atoms with van der Waals surface area (Å²) in [6.07, 6.45) is -0.743. The highest BCUT2D eigenvalue weighted by Crippen LogP contribution is 2.20. The summed E-state index contributed by atoms with van der Waals surface area (Å²) >= 11 is 0. The first-order chi connectivity index (χ1) is 10.6. The van der Waals surface area contributed by atoms with Gasteiger partial charge in [-0.05, 0) is 44.9 Å². The van der Waals surface area contributed by atoms with Gasteiger partial charge in [-0.15, -0.1) is 0 Å². The highest BCUT2D eigenvalue weighted by Gasteiger charge is 2.26. The fraction of sp³-hybridized carbons (Fsp3) is 0.500. The normalized spacial score (nSPS) is 13.8. The maximum absolute atomic E-state index is 11.7. The predicted molar refractivity (Wildman–Crippen MR) is 85.3 cm³/mol. The molecule has 2 atom stereocenters. The molecular formula is C16H24N2O5. The van der Waals surface area contributed by atoms with E-state index in [9.17, 15) is 14.7 Å². The van der Waals surface area contributed by atoms with Gasteiger partial charge in [0.1, 0.15) is 17.4 Å². The van der Waals surface area contributed by atoms with Crippen molar-refractivity contribution in [3.05, 3.63) is 29.8 Å². The molecular weight excluding hydrogens is 300 g/mol. The zero-order chi connectivity index (χ0) is 17.6. The molecule has 0 saturated heterocycles. The molecule has 7 heteroatoms. The predicted octanol–water partition coefficient (Wildman–Crippen LogP) is 2.06. The van der Waals surface area contributed by atoms with Crippen LogP contribution in [-0.2, 0) is 9.53 Å². The number of carbonyl (C=O) groups is 2. The van der Waals surface area contributed by atoms with E-state index in [2.05, 4.69) is 5.32 Å². The number of benzene rings is 1. The summed E-state index contributed by atoms with van der Waals surface area (Å²) in [4.78, 5) is 23.0. The van der Waals surface area contributed by atoms with Crippen LogP contribution in [0.15, 0.2) is 24.3 Å². The molecule has 1 aromatic carbocycles. The standard InChI is InChI=1S/C16H24N2O5/c1-16(2,3)23-15(21)18-13(14(19)20)9-12(17)10-5-7-11(22-4)8-6-10/h5-8,12-13H,9,17H2,1-4H3,(H,18,21)(H,19,20)/t12-,13+/m1/s1. The van der Waals surface area contributed by atoms with Gasteiger partial charge in [-0.2, -0.15) is 0 Å². The summed E-state index contributed by atoms with van der Waals surface area (Å²) < 4.78 is 10.1. The van der Waals surface area contributed by atoms with Gasteiger partial charge in [0.05, 0.1) is 7.11 Å². The van der Waals surface area contributed by atoms with Gasteiger partial charge in [-0.1, -0.05) is 12.1 Å². The van der Waals surface area contributed by atoms with Crippen LogP contribution in [0.4, 0.5) is 4.79 Å². The third-order valence-electron chi connectivity index (χ3n) is 3.02. The molecule has 0 heterocycles. The first kappa shape index (κ1) is 18.8. The van der Waals surface area contributed by atoms with E-state index in [1.807, 2.05) is 0 Å². The molecule has 0 aromatic heterocycles. The number of nitrogens with two attached hydrogens (primary N) is 1. The van der Waals surface area contributed by atoms with Crippen molar-refractivity contribution in [3.8, 4) is 5.75 Å². The van der Waals surface area contributed by atoms with E-state index < -0.39 is 29.7 Å². The molecule has 0 bridgehead atoms. The van der Waals surface area contributed by atoms with Crippen molar-refractivity contribution < 1.29 is 24.2 Å². The summed E-state index contributed by atoms with van der Waals surface area (Å²) in [5, 5.41) is 11.6. The Hall–Kier alpha value is -2.28. The van der Waals surface area contributed by atoms with Crippen LogP contribution in [0.1, 0.15) is 38.8 Å². The fourth-order valence-corrected chi connectivity index (χ4v) is 1.91. The number of hydrogen-bond acceptors (Lipinski definition) is 5. The first-order valence-electron chi connectivity index (χ1n) is 7.24. The van der Waals surface area contributed by atoms with E-state index in [4.69, 9.17) is 15.2 Å². The maximum Gasteiger partial charge on any atom is 0.408 e. The SMILES string of the molecule is COc1ccc([C@H](N)C[C@H](NC(=O)OC(C)(C)C)C(=O)O)cc1. The lowest BCUT2D eigenvalue weighted by atomic mass is 10.00. The van der Waals surface area contributed by atoms with E-state index >= 15 is 0 Å². The van der Waals surface area contributed by atoms with Gasteiger partial charge >= 0.3 is 12.1 Å². The molecule has 7 nitrogen and oxygen atoms in total. The summed E-state index contributed by atoms with van der Waals surface area (Å²) in [6, 6.07) is 5.32. The Bertz CT molecular complexity index is 536. The van der Waals surface area contributed by atoms with E-state index in [0.717, 1.165) is 5.56 Å². The van der Waals surface area contributed by atoms with Crippen molar-refractivity contribution in [2.75, 3.05) is 7.11 Å². The molecule has 1 rings (SSSR count). The molecule has 23 heavy (non-hydrogen) atoms. The molecule has 0 aliphatic heterocycles. The van der Waals surface area contributed by atoms with Crippen molar-refractivity contribution in [3.63, 3.8) is 0 Å². The zero-order valence-corrected chi connectivity index (χ0v) is 13.8. The Morgan fingerprint density at radius 1 is 1.26 bits per heavy atom. The summed E-state index contributed by atoms with van der Waals surface area (Å²) in [5.74, 6) is -0.484. The molecule has 1 amide bonds. The Morgan fingerprint density at radius 2 is 1.83 bits per heavy atom. The topological polar surface area (TPSA) is 111 Å². The van der Waals surface area contributed by atoms with Crippen molar-refractivity contribution in [1.82, 2.24) is 5.32 Å². The molecule has 0 saturated carbocycles. The van der Waals surface area contributed by atoms with Crippen LogP contribution >= 0.6 is 0 Å². The molecule has 0 fully saturated rings. The average Bonchev–Trinajstić information content (AvgIpc) is 2.44. The third-order valence-corrected chi connectivity index (χ3v) is 3.02. The third kappa shape index (κ3) is 6.56. The van der Waals surface area contributed by atoms with Crippen molar-refractivity contribution in [2.45, 2.75) is 44.9 Å². The number of hydrogen-bond donors (Lipinski definition) is 3. The fourth-order valence-electron chi connectivity index (χ4n) is 1.91. The largest absolute Gasteiger partial charge is 0.497 e. The van der Waals surface area contributed by atoms with Crippen LogP contribution < -0.4 is 15.8 Å². The van der Waals surface area contributed by atoms with Gasteiger partial charge in [-0.25, -0.2) is 9.59 Å². The average molecular weight is 324 g/mol. The smallest absolute Gasteiger partial charge is 0.408 e. The Kier molecular flexibility index (Phi) is 6.38. The lowest BCUT2D eigenvalue weighted by molar-refractivity contribution is -0.139. The number of alkyl carbamates (subject to hydrolysis) is 1. The Balaban J connectivity index is 2.71. The second-order valence-electron chi connectivity index (χ2n) is 6.15. The van der Waals surface area contributed by atoms with Crippen LogP contribution in [0.5, 0.6) is 5.75 Å². The summed E-state index contributed by atoms with van der Waals surface area (Å²) in [7, 11) is 1.56. The second-order valence-corrected chi connectivity index (χ2v) is 6.15. The number of amides is 1. The van der Waals surface area contributed by atoms with Gasteiger partial charge in [-0.3, -0.25) is 0 Å². The quantitative estimate of drug-likeness (QED) is 0.738. The first-order valence-corrected chi connectivity index (χ1v) is 7.24. The van der Waals surface area contributed by atoms with Crippen LogP contribution in [-0.4, -0.2) is 35.9 Å². The second kappa shape index (κ2) is 7.82. The van der Waals surface area contributed by atoms with Crippen LogP contribution in [0, 0.1) is 0 Å². The van der Waals surface area contributed by atoms with Gasteiger partial charge in [0, 0.05) is 6.04 Å². The number of ether oxygens (including phenoxy) is 2. The summed E-state index contributed by atoms with van der Waals surface area (Å²) in [5.41, 5.74) is 6.08. The lowest BCUT2D eigenvalue weighted by Crippen LogP contribution is -2.44. The number of carbonyl (C=O) groups excluding carboxylic acids is 1.